The van der Waals surface area contributed by atoms with Crippen LogP contribution in [0.2, 0.25) is 5.02 Å². The number of ether oxygens (including phenoxy) is 2. The Morgan fingerprint density at radius 1 is 1.13 bits per heavy atom. The molecule has 0 fully saturated rings. The zero-order chi connectivity index (χ0) is 22.2. The number of aromatic nitrogens is 2. The van der Waals surface area contributed by atoms with Crippen molar-refractivity contribution >= 4 is 23.3 Å². The summed E-state index contributed by atoms with van der Waals surface area (Å²) in [6.45, 7) is 3.73. The number of hydrogen-bond acceptors (Lipinski definition) is 4. The van der Waals surface area contributed by atoms with Gasteiger partial charge in [-0.05, 0) is 43.2 Å². The number of benzene rings is 2. The van der Waals surface area contributed by atoms with E-state index in [9.17, 15) is 4.79 Å². The molecular formula is C23H27ClN4O3. The van der Waals surface area contributed by atoms with Crippen LogP contribution in [0.3, 0.4) is 0 Å². The molecule has 164 valence electrons. The maximum atomic E-state index is 13.1. The second-order valence-corrected chi connectivity index (χ2v) is 7.50. The van der Waals surface area contributed by atoms with Crippen molar-refractivity contribution in [2.45, 2.75) is 26.4 Å². The number of carbonyl (C=O) groups is 1. The van der Waals surface area contributed by atoms with Gasteiger partial charge in [-0.1, -0.05) is 23.7 Å². The summed E-state index contributed by atoms with van der Waals surface area (Å²) in [5, 5.41) is 3.67. The Morgan fingerprint density at radius 2 is 1.87 bits per heavy atom. The van der Waals surface area contributed by atoms with Crippen LogP contribution in [-0.2, 0) is 13.1 Å². The summed E-state index contributed by atoms with van der Waals surface area (Å²) in [6.07, 6.45) is 4.42. The summed E-state index contributed by atoms with van der Waals surface area (Å²) in [5.41, 5.74) is 2.76. The molecule has 7 nitrogen and oxygen atoms in total. The number of hydrogen-bond donors (Lipinski definition) is 1. The Kier molecular flexibility index (Phi) is 7.78. The molecule has 0 aliphatic rings. The quantitative estimate of drug-likeness (QED) is 0.489. The normalized spacial score (nSPS) is 10.6. The van der Waals surface area contributed by atoms with Crippen molar-refractivity contribution in [3.63, 3.8) is 0 Å². The number of amides is 2. The van der Waals surface area contributed by atoms with Gasteiger partial charge >= 0.3 is 6.03 Å². The Hall–Kier alpha value is -3.19. The van der Waals surface area contributed by atoms with Gasteiger partial charge in [0.05, 0.1) is 27.1 Å². The zero-order valence-electron chi connectivity index (χ0n) is 18.0. The first-order valence-corrected chi connectivity index (χ1v) is 10.4. The molecule has 1 N–H and O–H groups in total. The van der Waals surface area contributed by atoms with E-state index in [2.05, 4.69) is 14.9 Å². The first-order valence-electron chi connectivity index (χ1n) is 10.0. The molecule has 2 amide bonds. The van der Waals surface area contributed by atoms with E-state index >= 15 is 0 Å². The summed E-state index contributed by atoms with van der Waals surface area (Å²) < 4.78 is 12.8. The highest BCUT2D eigenvalue weighted by molar-refractivity contribution is 6.30. The second kappa shape index (κ2) is 10.7. The molecule has 0 atom stereocenters. The number of urea groups is 1. The van der Waals surface area contributed by atoms with Crippen molar-refractivity contribution in [3.05, 3.63) is 71.3 Å². The maximum Gasteiger partial charge on any atom is 0.322 e. The molecule has 1 heterocycles. The Labute approximate surface area is 187 Å². The fourth-order valence-corrected chi connectivity index (χ4v) is 3.33. The van der Waals surface area contributed by atoms with Crippen LogP contribution in [0.15, 0.2) is 55.0 Å². The fourth-order valence-electron chi connectivity index (χ4n) is 3.21. The molecule has 0 aliphatic carbocycles. The maximum absolute atomic E-state index is 13.1. The van der Waals surface area contributed by atoms with E-state index in [1.165, 1.54) is 0 Å². The summed E-state index contributed by atoms with van der Waals surface area (Å²) in [6, 6.07) is 12.7. The predicted molar refractivity (Wildman–Crippen MR) is 122 cm³/mol. The van der Waals surface area contributed by atoms with Crippen LogP contribution in [0.25, 0.3) is 0 Å². The number of halogens is 1. The van der Waals surface area contributed by atoms with Gasteiger partial charge in [-0.3, -0.25) is 4.90 Å². The number of methoxy groups -OCH3 is 2. The van der Waals surface area contributed by atoms with Crippen LogP contribution in [0.4, 0.5) is 10.5 Å². The first kappa shape index (κ1) is 22.5. The van der Waals surface area contributed by atoms with Gasteiger partial charge in [0.15, 0.2) is 11.5 Å². The Balaban J connectivity index is 1.73. The largest absolute Gasteiger partial charge is 0.493 e. The lowest BCUT2D eigenvalue weighted by Gasteiger charge is -2.24. The smallest absolute Gasteiger partial charge is 0.322 e. The topological polar surface area (TPSA) is 68.6 Å². The summed E-state index contributed by atoms with van der Waals surface area (Å²) in [7, 11) is 3.15. The highest BCUT2D eigenvalue weighted by atomic mass is 35.5. The van der Waals surface area contributed by atoms with E-state index in [-0.39, 0.29) is 6.03 Å². The number of nitrogens with one attached hydrogen (secondary N) is 1. The second-order valence-electron chi connectivity index (χ2n) is 7.07. The van der Waals surface area contributed by atoms with Gasteiger partial charge in [0.25, 0.3) is 0 Å². The average molecular weight is 443 g/mol. The summed E-state index contributed by atoms with van der Waals surface area (Å²) in [5.74, 6) is 1.17. The molecule has 0 spiro atoms. The van der Waals surface area contributed by atoms with Crippen molar-refractivity contribution in [3.8, 4) is 11.5 Å². The molecule has 3 rings (SSSR count). The van der Waals surface area contributed by atoms with Crippen LogP contribution < -0.4 is 19.7 Å². The molecular weight excluding hydrogens is 416 g/mol. The molecule has 0 aliphatic heterocycles. The minimum atomic E-state index is -0.190. The van der Waals surface area contributed by atoms with Gasteiger partial charge in [-0.2, -0.15) is 0 Å². The van der Waals surface area contributed by atoms with Crippen molar-refractivity contribution in [1.82, 2.24) is 14.9 Å². The molecule has 0 saturated heterocycles. The van der Waals surface area contributed by atoms with Gasteiger partial charge < -0.3 is 19.4 Å². The molecule has 1 aromatic heterocycles. The third-order valence-corrected chi connectivity index (χ3v) is 5.20. The van der Waals surface area contributed by atoms with E-state index in [1.807, 2.05) is 43.5 Å². The van der Waals surface area contributed by atoms with Crippen LogP contribution in [0.5, 0.6) is 11.5 Å². The number of rotatable bonds is 9. The van der Waals surface area contributed by atoms with E-state index in [0.29, 0.717) is 35.3 Å². The minimum Gasteiger partial charge on any atom is -0.493 e. The Morgan fingerprint density at radius 3 is 2.52 bits per heavy atom. The third kappa shape index (κ3) is 5.92. The molecule has 2 aromatic carbocycles. The van der Waals surface area contributed by atoms with E-state index < -0.39 is 0 Å². The highest BCUT2D eigenvalue weighted by Gasteiger charge is 2.18. The SMILES string of the molecule is COc1ccc(N(Cc2ccc(Cl)cc2)C(=O)NCCCn2cncc2C)cc1OC. The molecule has 0 bridgehead atoms. The van der Waals surface area contributed by atoms with Gasteiger partial charge in [0, 0.05) is 41.8 Å². The van der Waals surface area contributed by atoms with Crippen LogP contribution >= 0.6 is 11.6 Å². The number of aryl methyl sites for hydroxylation is 2. The van der Waals surface area contributed by atoms with Gasteiger partial charge in [0.1, 0.15) is 0 Å². The molecule has 8 heteroatoms. The highest BCUT2D eigenvalue weighted by Crippen LogP contribution is 2.32. The van der Waals surface area contributed by atoms with Crippen LogP contribution in [0, 0.1) is 6.92 Å². The molecule has 0 unspecified atom stereocenters. The van der Waals surface area contributed by atoms with Crippen molar-refractivity contribution in [1.29, 1.82) is 0 Å². The summed E-state index contributed by atoms with van der Waals surface area (Å²) >= 11 is 6.01. The Bertz CT molecular complexity index is 1000. The molecule has 31 heavy (non-hydrogen) atoms. The fraction of sp³-hybridized carbons (Fsp3) is 0.304. The number of imidazole rings is 1. The number of carbonyl (C=O) groups excluding carboxylic acids is 1. The summed E-state index contributed by atoms with van der Waals surface area (Å²) in [4.78, 5) is 18.9. The van der Waals surface area contributed by atoms with Crippen LogP contribution in [-0.4, -0.2) is 36.3 Å². The zero-order valence-corrected chi connectivity index (χ0v) is 18.7. The molecule has 3 aromatic rings. The third-order valence-electron chi connectivity index (χ3n) is 4.95. The predicted octanol–water partition coefficient (Wildman–Crippen LogP) is 4.67. The van der Waals surface area contributed by atoms with Gasteiger partial charge in [0.2, 0.25) is 0 Å². The van der Waals surface area contributed by atoms with Crippen molar-refractivity contribution in [2.75, 3.05) is 25.7 Å². The van der Waals surface area contributed by atoms with Gasteiger partial charge in [-0.25, -0.2) is 9.78 Å². The molecule has 0 saturated carbocycles. The monoisotopic (exact) mass is 442 g/mol. The first-order chi connectivity index (χ1) is 15.0. The minimum absolute atomic E-state index is 0.190. The lowest BCUT2D eigenvalue weighted by Crippen LogP contribution is -2.40. The standard InChI is InChI=1S/C23H27ClN4O3/c1-17-14-25-16-27(17)12-4-11-26-23(29)28(15-18-5-7-19(24)8-6-18)20-9-10-21(30-2)22(13-20)31-3/h5-10,13-14,16H,4,11-12,15H2,1-3H3,(H,26,29). The van der Waals surface area contributed by atoms with E-state index in [1.54, 1.807) is 37.6 Å². The average Bonchev–Trinajstić information content (AvgIpc) is 3.20. The van der Waals surface area contributed by atoms with Crippen molar-refractivity contribution in [2.24, 2.45) is 0 Å². The molecule has 0 radical (unpaired) electrons. The van der Waals surface area contributed by atoms with E-state index in [4.69, 9.17) is 21.1 Å². The van der Waals surface area contributed by atoms with Crippen molar-refractivity contribution < 1.29 is 14.3 Å². The lowest BCUT2D eigenvalue weighted by molar-refractivity contribution is 0.245. The number of anilines is 1. The van der Waals surface area contributed by atoms with Crippen LogP contribution in [0.1, 0.15) is 17.7 Å². The van der Waals surface area contributed by atoms with E-state index in [0.717, 1.165) is 24.2 Å². The number of nitrogens with zero attached hydrogens (tertiary/aromatic N) is 3. The van der Waals surface area contributed by atoms with Gasteiger partial charge in [-0.15, -0.1) is 0 Å². The lowest BCUT2D eigenvalue weighted by atomic mass is 10.2.